The molecule has 0 spiro atoms. The topological polar surface area (TPSA) is 142 Å². The van der Waals surface area contributed by atoms with Crippen molar-refractivity contribution < 1.29 is 19.5 Å². The van der Waals surface area contributed by atoms with Crippen molar-refractivity contribution in [3.63, 3.8) is 0 Å². The Morgan fingerprint density at radius 3 is 1.64 bits per heavy atom. The molecule has 2 aliphatic heterocycles. The SMILES string of the molecule is CCN(CC)[C@H]1CC[C@@H](C(=O)N2CCC[C@H]2c2ncc(-c3ccc(-c4ccc(-c5cnc([C@@H]6CCCN6C(=O)[C@H]6CCCC[C@H]6N(C)C(=O)O)[nH]5)cc4)cc3)[nH]2)CC1. The monoisotopic (exact) mass is 788 g/mol. The molecule has 2 saturated carbocycles. The first-order chi connectivity index (χ1) is 28.2. The van der Waals surface area contributed by atoms with Gasteiger partial charge in [0.1, 0.15) is 11.6 Å². The van der Waals surface area contributed by atoms with Crippen LogP contribution in [0.4, 0.5) is 4.79 Å². The van der Waals surface area contributed by atoms with Gasteiger partial charge in [-0.2, -0.15) is 0 Å². The molecule has 308 valence electrons. The Hall–Kier alpha value is -4.97. The van der Waals surface area contributed by atoms with Crippen LogP contribution in [0.5, 0.6) is 0 Å². The molecular weight excluding hydrogens is 729 g/mol. The lowest BCUT2D eigenvalue weighted by atomic mass is 9.82. The fraction of sp³-hybridized carbons (Fsp3) is 0.543. The van der Waals surface area contributed by atoms with Crippen LogP contribution in [0.3, 0.4) is 0 Å². The smallest absolute Gasteiger partial charge is 0.407 e. The Bertz CT molecular complexity index is 2030. The summed E-state index contributed by atoms with van der Waals surface area (Å²) in [7, 11) is 1.59. The number of amides is 3. The normalized spacial score (nSPS) is 25.0. The van der Waals surface area contributed by atoms with E-state index >= 15 is 0 Å². The number of hydrogen-bond donors (Lipinski definition) is 3. The number of H-pyrrole nitrogens is 2. The van der Waals surface area contributed by atoms with Gasteiger partial charge in [0.25, 0.3) is 0 Å². The molecule has 4 heterocycles. The van der Waals surface area contributed by atoms with E-state index < -0.39 is 6.09 Å². The van der Waals surface area contributed by atoms with E-state index in [0.29, 0.717) is 24.9 Å². The highest BCUT2D eigenvalue weighted by Crippen LogP contribution is 2.39. The molecule has 2 aromatic carbocycles. The standard InChI is InChI=1S/C46H60N8O4/c1-4-52(5-2)35-24-22-34(23-25-35)44(55)53-26-8-12-40(53)42-47-28-37(49-42)32-18-14-30(15-19-32)31-16-20-33(21-17-31)38-29-48-43(50-38)41-13-9-27-54(41)45(56)36-10-6-7-11-39(36)51(3)46(57)58/h14-21,28-29,34-36,39-41H,4-13,22-27H2,1-3H3,(H,47,49)(H,48,50)(H,57,58)/t34-,35+,36-,39+,40-,41-/m0/s1. The van der Waals surface area contributed by atoms with Gasteiger partial charge in [0.2, 0.25) is 11.8 Å². The van der Waals surface area contributed by atoms with Gasteiger partial charge in [-0.05, 0) is 99.6 Å². The predicted molar refractivity (Wildman–Crippen MR) is 225 cm³/mol. The highest BCUT2D eigenvalue weighted by Gasteiger charge is 2.42. The molecular formula is C46H60N8O4. The zero-order chi connectivity index (χ0) is 40.3. The molecule has 12 heteroatoms. The number of aromatic nitrogens is 4. The third-order valence-electron chi connectivity index (χ3n) is 13.8. The molecule has 0 bridgehead atoms. The van der Waals surface area contributed by atoms with Crippen LogP contribution in [0, 0.1) is 11.8 Å². The van der Waals surface area contributed by atoms with E-state index in [1.165, 1.54) is 4.90 Å². The Morgan fingerprint density at radius 1 is 0.655 bits per heavy atom. The van der Waals surface area contributed by atoms with Gasteiger partial charge in [-0.3, -0.25) is 9.59 Å². The van der Waals surface area contributed by atoms with Gasteiger partial charge < -0.3 is 34.7 Å². The first-order valence-electron chi connectivity index (χ1n) is 21.9. The maximum atomic E-state index is 13.9. The fourth-order valence-corrected chi connectivity index (χ4v) is 10.5. The quantitative estimate of drug-likeness (QED) is 0.138. The number of aromatic amines is 2. The van der Waals surface area contributed by atoms with E-state index in [1.54, 1.807) is 7.05 Å². The lowest BCUT2D eigenvalue weighted by Gasteiger charge is -2.38. The number of likely N-dealkylation sites (tertiary alicyclic amines) is 2. The average Bonchev–Trinajstić information content (AvgIpc) is 4.11. The summed E-state index contributed by atoms with van der Waals surface area (Å²) in [5, 5.41) is 9.65. The average molecular weight is 789 g/mol. The van der Waals surface area contributed by atoms with Crippen molar-refractivity contribution in [1.82, 2.24) is 39.5 Å². The lowest BCUT2D eigenvalue weighted by Crippen LogP contribution is -2.49. The van der Waals surface area contributed by atoms with Crippen LogP contribution in [-0.2, 0) is 9.59 Å². The van der Waals surface area contributed by atoms with Crippen molar-refractivity contribution in [3.05, 3.63) is 72.6 Å². The van der Waals surface area contributed by atoms with Crippen molar-refractivity contribution >= 4 is 17.9 Å². The number of rotatable bonds is 11. The summed E-state index contributed by atoms with van der Waals surface area (Å²) in [6.07, 6.45) is 13.9. The predicted octanol–water partition coefficient (Wildman–Crippen LogP) is 8.53. The number of carbonyl (C=O) groups excluding carboxylic acids is 2. The molecule has 0 unspecified atom stereocenters. The van der Waals surface area contributed by atoms with E-state index in [1.807, 2.05) is 17.3 Å². The Morgan fingerprint density at radius 2 is 1.14 bits per heavy atom. The van der Waals surface area contributed by atoms with Gasteiger partial charge in [-0.1, -0.05) is 75.2 Å². The lowest BCUT2D eigenvalue weighted by molar-refractivity contribution is -0.140. The van der Waals surface area contributed by atoms with Crippen molar-refractivity contribution in [2.24, 2.45) is 11.8 Å². The van der Waals surface area contributed by atoms with Crippen LogP contribution in [0.2, 0.25) is 0 Å². The third-order valence-corrected chi connectivity index (χ3v) is 13.8. The molecule has 2 aromatic heterocycles. The number of nitrogens with one attached hydrogen (secondary N) is 2. The molecule has 58 heavy (non-hydrogen) atoms. The number of nitrogens with zero attached hydrogens (tertiary/aromatic N) is 6. The highest BCUT2D eigenvalue weighted by molar-refractivity contribution is 5.81. The van der Waals surface area contributed by atoms with Crippen molar-refractivity contribution in [1.29, 1.82) is 0 Å². The molecule has 0 radical (unpaired) electrons. The van der Waals surface area contributed by atoms with Crippen LogP contribution < -0.4 is 0 Å². The van der Waals surface area contributed by atoms with Crippen LogP contribution in [0.15, 0.2) is 60.9 Å². The number of carbonyl (C=O) groups is 3. The highest BCUT2D eigenvalue weighted by atomic mass is 16.4. The minimum absolute atomic E-state index is 0.00660. The van der Waals surface area contributed by atoms with E-state index in [9.17, 15) is 19.5 Å². The Balaban J connectivity index is 0.887. The molecule has 4 fully saturated rings. The number of hydrogen-bond acceptors (Lipinski definition) is 6. The van der Waals surface area contributed by atoms with E-state index in [-0.39, 0.29) is 35.9 Å². The van der Waals surface area contributed by atoms with Crippen molar-refractivity contribution in [3.8, 4) is 33.6 Å². The zero-order valence-corrected chi connectivity index (χ0v) is 34.4. The van der Waals surface area contributed by atoms with Gasteiger partial charge in [0, 0.05) is 38.1 Å². The minimum Gasteiger partial charge on any atom is -0.465 e. The second-order valence-electron chi connectivity index (χ2n) is 17.0. The summed E-state index contributed by atoms with van der Waals surface area (Å²) >= 11 is 0. The molecule has 4 aliphatic rings. The van der Waals surface area contributed by atoms with Gasteiger partial charge in [0.05, 0.1) is 41.8 Å². The number of carboxylic acid groups (broad SMARTS) is 1. The summed E-state index contributed by atoms with van der Waals surface area (Å²) in [4.78, 5) is 64.0. The summed E-state index contributed by atoms with van der Waals surface area (Å²) in [6.45, 7) is 8.08. The van der Waals surface area contributed by atoms with Gasteiger partial charge in [-0.25, -0.2) is 14.8 Å². The van der Waals surface area contributed by atoms with E-state index in [0.717, 1.165) is 136 Å². The second kappa shape index (κ2) is 17.5. The van der Waals surface area contributed by atoms with Crippen LogP contribution >= 0.6 is 0 Å². The van der Waals surface area contributed by atoms with Gasteiger partial charge in [0.15, 0.2) is 0 Å². The van der Waals surface area contributed by atoms with E-state index in [2.05, 4.69) is 82.1 Å². The summed E-state index contributed by atoms with van der Waals surface area (Å²) < 4.78 is 0. The van der Waals surface area contributed by atoms with Gasteiger partial charge >= 0.3 is 6.09 Å². The first kappa shape index (κ1) is 39.8. The largest absolute Gasteiger partial charge is 0.465 e. The van der Waals surface area contributed by atoms with Gasteiger partial charge in [-0.15, -0.1) is 0 Å². The maximum Gasteiger partial charge on any atom is 0.407 e. The number of benzene rings is 2. The van der Waals surface area contributed by atoms with Crippen LogP contribution in [0.25, 0.3) is 33.6 Å². The molecule has 4 aromatic rings. The molecule has 4 atom stereocenters. The minimum atomic E-state index is -0.982. The van der Waals surface area contributed by atoms with Crippen molar-refractivity contribution in [2.45, 2.75) is 115 Å². The molecule has 12 nitrogen and oxygen atoms in total. The summed E-state index contributed by atoms with van der Waals surface area (Å²) in [6, 6.07) is 17.1. The molecule has 2 aliphatic carbocycles. The fourth-order valence-electron chi connectivity index (χ4n) is 10.5. The van der Waals surface area contributed by atoms with Crippen molar-refractivity contribution in [2.75, 3.05) is 33.2 Å². The Kier molecular flexibility index (Phi) is 12.0. The molecule has 3 amide bonds. The van der Waals surface area contributed by atoms with Crippen LogP contribution in [0.1, 0.15) is 115 Å². The first-order valence-corrected chi connectivity index (χ1v) is 21.9. The van der Waals surface area contributed by atoms with E-state index in [4.69, 9.17) is 9.97 Å². The maximum absolute atomic E-state index is 13.9. The third kappa shape index (κ3) is 8.04. The summed E-state index contributed by atoms with van der Waals surface area (Å²) in [5.41, 5.74) is 6.15. The zero-order valence-electron chi connectivity index (χ0n) is 34.4. The summed E-state index contributed by atoms with van der Waals surface area (Å²) in [5.74, 6) is 1.83. The molecule has 3 N–H and O–H groups in total. The second-order valence-corrected chi connectivity index (χ2v) is 17.0. The Labute approximate surface area is 342 Å². The van der Waals surface area contributed by atoms with Crippen LogP contribution in [-0.4, -0.2) is 108 Å². The number of imidazole rings is 2. The molecule has 8 rings (SSSR count). The molecule has 2 saturated heterocycles.